The maximum absolute atomic E-state index is 13.4. The van der Waals surface area contributed by atoms with Gasteiger partial charge in [0, 0.05) is 34.7 Å². The number of hydrogen-bond acceptors (Lipinski definition) is 6. The second kappa shape index (κ2) is 6.39. The van der Waals surface area contributed by atoms with Crippen LogP contribution in [0.2, 0.25) is 0 Å². The van der Waals surface area contributed by atoms with Crippen molar-refractivity contribution in [2.45, 2.75) is 96.4 Å². The number of ether oxygens (including phenoxy) is 2. The maximum Gasteiger partial charge on any atom is 0.199 e. The summed E-state index contributed by atoms with van der Waals surface area (Å²) in [6, 6.07) is 0. The Hall–Kier alpha value is -1.60. The van der Waals surface area contributed by atoms with E-state index in [1.54, 1.807) is 6.08 Å². The van der Waals surface area contributed by atoms with Gasteiger partial charge in [0.15, 0.2) is 17.4 Å². The fourth-order valence-corrected chi connectivity index (χ4v) is 8.52. The topological polar surface area (TPSA) is 93.1 Å². The van der Waals surface area contributed by atoms with Crippen LogP contribution in [-0.4, -0.2) is 51.0 Å². The molecule has 34 heavy (non-hydrogen) atoms. The minimum absolute atomic E-state index is 0.0287. The smallest absolute Gasteiger partial charge is 0.199 e. The Morgan fingerprint density at radius 3 is 2.26 bits per heavy atom. The van der Waals surface area contributed by atoms with E-state index < -0.39 is 40.0 Å². The van der Waals surface area contributed by atoms with Gasteiger partial charge in [-0.3, -0.25) is 9.59 Å². The van der Waals surface area contributed by atoms with E-state index in [4.69, 9.17) is 9.47 Å². The van der Waals surface area contributed by atoms with Crippen molar-refractivity contribution < 1.29 is 29.3 Å². The van der Waals surface area contributed by atoms with Crippen molar-refractivity contribution in [1.29, 1.82) is 0 Å². The molecule has 6 aliphatic rings. The number of aliphatic hydroxyl groups is 2. The van der Waals surface area contributed by atoms with Crippen molar-refractivity contribution in [2.75, 3.05) is 0 Å². The molecule has 184 valence electrons. The third-order valence-corrected chi connectivity index (χ3v) is 11.0. The predicted octanol–water partition coefficient (Wildman–Crippen LogP) is 3.42. The Morgan fingerprint density at radius 2 is 1.62 bits per heavy atom. The minimum atomic E-state index is -1.21. The Balaban J connectivity index is 1.58. The highest BCUT2D eigenvalue weighted by Crippen LogP contribution is 2.73. The van der Waals surface area contributed by atoms with E-state index in [1.807, 2.05) is 33.8 Å². The molecule has 0 unspecified atom stereocenters. The molecule has 2 heterocycles. The van der Waals surface area contributed by atoms with E-state index in [-0.39, 0.29) is 29.3 Å². The lowest BCUT2D eigenvalue weighted by atomic mass is 9.49. The Kier molecular flexibility index (Phi) is 4.29. The Morgan fingerprint density at radius 1 is 0.912 bits per heavy atom. The summed E-state index contributed by atoms with van der Waals surface area (Å²) in [5.74, 6) is -1.64. The summed E-state index contributed by atoms with van der Waals surface area (Å²) < 4.78 is 13.7. The van der Waals surface area contributed by atoms with Crippen molar-refractivity contribution in [2.24, 2.45) is 28.6 Å². The van der Waals surface area contributed by atoms with Gasteiger partial charge < -0.3 is 19.7 Å². The van der Waals surface area contributed by atoms with Gasteiger partial charge in [-0.2, -0.15) is 0 Å². The lowest BCUT2D eigenvalue weighted by Gasteiger charge is -2.64. The summed E-state index contributed by atoms with van der Waals surface area (Å²) in [6.45, 7) is 12.1. The molecule has 0 amide bonds. The average Bonchev–Trinajstić information content (AvgIpc) is 3.10. The van der Waals surface area contributed by atoms with Crippen molar-refractivity contribution >= 4 is 11.6 Å². The monoisotopic (exact) mass is 468 g/mol. The van der Waals surface area contributed by atoms with Crippen LogP contribution in [-0.2, 0) is 19.1 Å². The number of allylic oxidation sites excluding steroid dienone is 3. The van der Waals surface area contributed by atoms with E-state index in [0.29, 0.717) is 24.8 Å². The molecule has 1 saturated carbocycles. The molecule has 2 bridgehead atoms. The van der Waals surface area contributed by atoms with E-state index in [9.17, 15) is 19.8 Å². The van der Waals surface area contributed by atoms with Crippen LogP contribution in [0.3, 0.4) is 0 Å². The van der Waals surface area contributed by atoms with Gasteiger partial charge in [0.25, 0.3) is 0 Å². The quantitative estimate of drug-likeness (QED) is 0.566. The molecular formula is C28H36O6. The molecule has 3 fully saturated rings. The zero-order valence-electron chi connectivity index (χ0n) is 21.0. The lowest BCUT2D eigenvalue weighted by Crippen LogP contribution is -2.70. The third-order valence-electron chi connectivity index (χ3n) is 11.0. The average molecular weight is 469 g/mol. The van der Waals surface area contributed by atoms with Gasteiger partial charge in [-0.05, 0) is 62.3 Å². The normalized spacial score (nSPS) is 53.1. The molecule has 0 aromatic heterocycles. The molecule has 0 radical (unpaired) electrons. The van der Waals surface area contributed by atoms with Crippen molar-refractivity contribution in [1.82, 2.24) is 0 Å². The first kappa shape index (κ1) is 22.8. The number of hydrogen-bond donors (Lipinski definition) is 2. The zero-order chi connectivity index (χ0) is 24.6. The molecule has 0 aromatic carbocycles. The second-order valence-electron chi connectivity index (χ2n) is 12.6. The largest absolute Gasteiger partial charge is 0.388 e. The van der Waals surface area contributed by atoms with Gasteiger partial charge >= 0.3 is 0 Å². The highest BCUT2D eigenvalue weighted by molar-refractivity contribution is 6.13. The van der Waals surface area contributed by atoms with E-state index in [1.165, 1.54) is 6.08 Å². The first-order chi connectivity index (χ1) is 15.7. The highest BCUT2D eigenvalue weighted by Gasteiger charge is 2.78. The summed E-state index contributed by atoms with van der Waals surface area (Å²) in [5.41, 5.74) is -0.639. The van der Waals surface area contributed by atoms with Gasteiger partial charge in [-0.25, -0.2) is 0 Å². The predicted molar refractivity (Wildman–Crippen MR) is 124 cm³/mol. The molecule has 2 N–H and O–H groups in total. The molecule has 0 aromatic rings. The molecule has 9 atom stereocenters. The van der Waals surface area contributed by atoms with Gasteiger partial charge in [0.1, 0.15) is 11.7 Å². The van der Waals surface area contributed by atoms with Crippen LogP contribution in [0.15, 0.2) is 34.9 Å². The molecule has 6 rings (SSSR count). The SMILES string of the molecule is C[C@H]1[C@@H](O)[C@@]2(OC1(C)C)O[C@]13CC[C@H]([C@@H]2C)[C@@]1(C)[C@H](O)C=C1C3=CC(=O)C2=CC(=O)CC[C@@]21C. The van der Waals surface area contributed by atoms with Crippen molar-refractivity contribution in [3.05, 3.63) is 34.9 Å². The Labute approximate surface area is 201 Å². The molecule has 6 heteroatoms. The number of fused-ring (bicyclic) bond motifs is 3. The molecule has 1 spiro atoms. The summed E-state index contributed by atoms with van der Waals surface area (Å²) in [7, 11) is 0. The lowest BCUT2D eigenvalue weighted by molar-refractivity contribution is -0.382. The van der Waals surface area contributed by atoms with E-state index >= 15 is 0 Å². The number of carbonyl (C=O) groups excluding carboxylic acids is 2. The van der Waals surface area contributed by atoms with Crippen LogP contribution in [0.1, 0.15) is 67.2 Å². The van der Waals surface area contributed by atoms with Crippen LogP contribution in [0.4, 0.5) is 0 Å². The summed E-state index contributed by atoms with van der Waals surface area (Å²) in [6.07, 6.45) is 5.81. The molecule has 4 aliphatic carbocycles. The van der Waals surface area contributed by atoms with Crippen molar-refractivity contribution in [3.63, 3.8) is 0 Å². The fraction of sp³-hybridized carbons (Fsp3) is 0.714. The number of ketones is 2. The number of rotatable bonds is 0. The van der Waals surface area contributed by atoms with Gasteiger partial charge in [0.2, 0.25) is 0 Å². The summed E-state index contributed by atoms with van der Waals surface area (Å²) in [5, 5.41) is 23.2. The minimum Gasteiger partial charge on any atom is -0.388 e. The zero-order valence-corrected chi connectivity index (χ0v) is 21.0. The van der Waals surface area contributed by atoms with Crippen molar-refractivity contribution in [3.8, 4) is 0 Å². The van der Waals surface area contributed by atoms with Crippen LogP contribution in [0.5, 0.6) is 0 Å². The highest BCUT2D eigenvalue weighted by atomic mass is 16.7. The van der Waals surface area contributed by atoms with Crippen LogP contribution >= 0.6 is 0 Å². The van der Waals surface area contributed by atoms with Crippen LogP contribution in [0, 0.1) is 28.6 Å². The number of aliphatic hydroxyl groups excluding tert-OH is 2. The first-order valence-corrected chi connectivity index (χ1v) is 12.8. The van der Waals surface area contributed by atoms with E-state index in [0.717, 1.165) is 17.6 Å². The van der Waals surface area contributed by atoms with Crippen LogP contribution < -0.4 is 0 Å². The number of carbonyl (C=O) groups is 2. The third kappa shape index (κ3) is 2.28. The van der Waals surface area contributed by atoms with Crippen LogP contribution in [0.25, 0.3) is 0 Å². The first-order valence-electron chi connectivity index (χ1n) is 12.8. The molecule has 2 aliphatic heterocycles. The summed E-state index contributed by atoms with van der Waals surface area (Å²) >= 11 is 0. The van der Waals surface area contributed by atoms with Gasteiger partial charge in [-0.15, -0.1) is 0 Å². The van der Waals surface area contributed by atoms with Gasteiger partial charge in [0.05, 0.1) is 11.7 Å². The standard InChI is InChI=1S/C28H36O6/c1-14-17-8-10-27(34-28(14)23(32)15(2)24(3,4)33-28)19-12-21(30)20-11-16(29)7-9-25(20,5)18(19)13-22(31)26(17,27)6/h11-15,17,22-23,31-32H,7-10H2,1-6H3/t14-,15-,17+,22+,23+,25+,26-,27-,28-/m0/s1. The molecule has 6 nitrogen and oxygen atoms in total. The van der Waals surface area contributed by atoms with E-state index in [2.05, 4.69) is 13.8 Å². The summed E-state index contributed by atoms with van der Waals surface area (Å²) in [4.78, 5) is 25.6. The molecule has 2 saturated heterocycles. The molecular weight excluding hydrogens is 432 g/mol. The second-order valence-corrected chi connectivity index (χ2v) is 12.6. The van der Waals surface area contributed by atoms with Gasteiger partial charge in [-0.1, -0.05) is 33.8 Å². The maximum atomic E-state index is 13.4. The fourth-order valence-electron chi connectivity index (χ4n) is 8.52. The Bertz CT molecular complexity index is 1110.